The molecule has 2 aromatic rings. The third-order valence-electron chi connectivity index (χ3n) is 4.86. The van der Waals surface area contributed by atoms with E-state index in [2.05, 4.69) is 4.98 Å². The first kappa shape index (κ1) is 19.0. The molecule has 0 spiro atoms. The molecule has 1 aromatic heterocycles. The second-order valence-electron chi connectivity index (χ2n) is 6.86. The van der Waals surface area contributed by atoms with Gasteiger partial charge in [0.2, 0.25) is 0 Å². The van der Waals surface area contributed by atoms with Gasteiger partial charge in [0, 0.05) is 26.3 Å². The minimum atomic E-state index is -1.04. The molecule has 6 heteroatoms. The van der Waals surface area contributed by atoms with E-state index in [1.165, 1.54) is 12.1 Å². The maximum absolute atomic E-state index is 13.1. The predicted octanol–water partition coefficient (Wildman–Crippen LogP) is 3.16. The molecule has 0 bridgehead atoms. The van der Waals surface area contributed by atoms with Gasteiger partial charge >= 0.3 is 5.97 Å². The van der Waals surface area contributed by atoms with Crippen molar-refractivity contribution in [3.8, 4) is 0 Å². The summed E-state index contributed by atoms with van der Waals surface area (Å²) in [4.78, 5) is 30.4. The molecule has 6 nitrogen and oxygen atoms in total. The zero-order chi connectivity index (χ0) is 19.2. The fourth-order valence-electron chi connectivity index (χ4n) is 3.33. The first-order valence-corrected chi connectivity index (χ1v) is 9.16. The average Bonchev–Trinajstić information content (AvgIpc) is 2.68. The molecule has 1 fully saturated rings. The van der Waals surface area contributed by atoms with Crippen molar-refractivity contribution in [1.82, 2.24) is 9.88 Å². The van der Waals surface area contributed by atoms with Gasteiger partial charge in [0.1, 0.15) is 5.69 Å². The number of carbonyl (C=O) groups excluding carboxylic acids is 1. The van der Waals surface area contributed by atoms with Crippen LogP contribution in [0.15, 0.2) is 42.5 Å². The summed E-state index contributed by atoms with van der Waals surface area (Å²) in [6.45, 7) is 4.20. The van der Waals surface area contributed by atoms with Crippen LogP contribution in [0.2, 0.25) is 0 Å². The molecule has 1 aliphatic rings. The second kappa shape index (κ2) is 8.77. The minimum Gasteiger partial charge on any atom is -0.478 e. The van der Waals surface area contributed by atoms with E-state index in [1.807, 2.05) is 35.2 Å². The predicted molar refractivity (Wildman–Crippen MR) is 101 cm³/mol. The van der Waals surface area contributed by atoms with Gasteiger partial charge in [-0.2, -0.15) is 0 Å². The number of aromatic nitrogens is 1. The summed E-state index contributed by atoms with van der Waals surface area (Å²) in [5.74, 6) is -0.821. The molecule has 0 unspecified atom stereocenters. The van der Waals surface area contributed by atoms with E-state index in [0.29, 0.717) is 24.7 Å². The van der Waals surface area contributed by atoms with E-state index in [0.717, 1.165) is 31.6 Å². The fraction of sp³-hybridized carbons (Fsp3) is 0.381. The molecular weight excluding hydrogens is 344 g/mol. The first-order valence-electron chi connectivity index (χ1n) is 9.16. The monoisotopic (exact) mass is 368 g/mol. The average molecular weight is 368 g/mol. The largest absolute Gasteiger partial charge is 0.478 e. The third-order valence-corrected chi connectivity index (χ3v) is 4.86. The Morgan fingerprint density at radius 3 is 2.48 bits per heavy atom. The van der Waals surface area contributed by atoms with Gasteiger partial charge < -0.3 is 14.7 Å². The Morgan fingerprint density at radius 1 is 1.15 bits per heavy atom. The Labute approximate surface area is 158 Å². The molecule has 1 aliphatic heterocycles. The number of hydrogen-bond acceptors (Lipinski definition) is 4. The summed E-state index contributed by atoms with van der Waals surface area (Å²) < 4.78 is 5.42. The maximum Gasteiger partial charge on any atom is 0.337 e. The smallest absolute Gasteiger partial charge is 0.337 e. The SMILES string of the molecule is Cc1nc(C(=O)N(Cc2ccccc2)CC2CCOCC2)ccc1C(=O)O. The van der Waals surface area contributed by atoms with Crippen LogP contribution >= 0.6 is 0 Å². The van der Waals surface area contributed by atoms with Crippen molar-refractivity contribution in [3.05, 3.63) is 65.0 Å². The van der Waals surface area contributed by atoms with Crippen molar-refractivity contribution >= 4 is 11.9 Å². The summed E-state index contributed by atoms with van der Waals surface area (Å²) in [5, 5.41) is 9.17. The molecule has 0 aliphatic carbocycles. The molecule has 0 radical (unpaired) electrons. The lowest BCUT2D eigenvalue weighted by Gasteiger charge is -2.30. The Balaban J connectivity index is 1.82. The van der Waals surface area contributed by atoms with Crippen LogP contribution in [0.1, 0.15) is 44.9 Å². The van der Waals surface area contributed by atoms with Crippen LogP contribution in [0.25, 0.3) is 0 Å². The van der Waals surface area contributed by atoms with Gasteiger partial charge in [-0.1, -0.05) is 30.3 Å². The first-order chi connectivity index (χ1) is 13.0. The number of carboxylic acids is 1. The molecule has 1 saturated heterocycles. The quantitative estimate of drug-likeness (QED) is 0.847. The van der Waals surface area contributed by atoms with E-state index in [1.54, 1.807) is 6.92 Å². The summed E-state index contributed by atoms with van der Waals surface area (Å²) in [6, 6.07) is 12.8. The number of carboxylic acid groups (broad SMARTS) is 1. The highest BCUT2D eigenvalue weighted by Crippen LogP contribution is 2.19. The van der Waals surface area contributed by atoms with E-state index in [4.69, 9.17) is 9.84 Å². The van der Waals surface area contributed by atoms with Gasteiger partial charge in [0.05, 0.1) is 11.3 Å². The van der Waals surface area contributed by atoms with Crippen molar-refractivity contribution in [2.75, 3.05) is 19.8 Å². The summed E-state index contributed by atoms with van der Waals surface area (Å²) >= 11 is 0. The Kier molecular flexibility index (Phi) is 6.19. The Morgan fingerprint density at radius 2 is 1.85 bits per heavy atom. The van der Waals surface area contributed by atoms with Gasteiger partial charge in [-0.15, -0.1) is 0 Å². The third kappa shape index (κ3) is 4.92. The number of amides is 1. The minimum absolute atomic E-state index is 0.116. The van der Waals surface area contributed by atoms with Crippen molar-refractivity contribution in [1.29, 1.82) is 0 Å². The number of pyridine rings is 1. The number of aryl methyl sites for hydroxylation is 1. The van der Waals surface area contributed by atoms with Gasteiger partial charge in [0.15, 0.2) is 0 Å². The zero-order valence-electron chi connectivity index (χ0n) is 15.4. The van der Waals surface area contributed by atoms with Gasteiger partial charge in [-0.05, 0) is 43.4 Å². The Bertz CT molecular complexity index is 801. The van der Waals surface area contributed by atoms with E-state index < -0.39 is 5.97 Å². The van der Waals surface area contributed by atoms with Crippen LogP contribution in [0.4, 0.5) is 0 Å². The van der Waals surface area contributed by atoms with Crippen LogP contribution in [-0.4, -0.2) is 46.6 Å². The van der Waals surface area contributed by atoms with Crippen LogP contribution in [0.5, 0.6) is 0 Å². The number of nitrogens with zero attached hydrogens (tertiary/aromatic N) is 2. The van der Waals surface area contributed by atoms with Crippen LogP contribution in [0, 0.1) is 12.8 Å². The lowest BCUT2D eigenvalue weighted by molar-refractivity contribution is 0.0443. The molecular formula is C21H24N2O4. The lowest BCUT2D eigenvalue weighted by Crippen LogP contribution is -2.37. The van der Waals surface area contributed by atoms with Gasteiger partial charge in [-0.3, -0.25) is 4.79 Å². The number of hydrogen-bond donors (Lipinski definition) is 1. The Hall–Kier alpha value is -2.73. The summed E-state index contributed by atoms with van der Waals surface area (Å²) in [5.41, 5.74) is 1.79. The molecule has 0 saturated carbocycles. The molecule has 1 N–H and O–H groups in total. The van der Waals surface area contributed by atoms with Gasteiger partial charge in [-0.25, -0.2) is 9.78 Å². The second-order valence-corrected chi connectivity index (χ2v) is 6.86. The number of aromatic carboxylic acids is 1. The standard InChI is InChI=1S/C21H24N2O4/c1-15-18(21(25)26)7-8-19(22-15)20(24)23(13-16-5-3-2-4-6-16)14-17-9-11-27-12-10-17/h2-8,17H,9-14H2,1H3,(H,25,26). The van der Waals surface area contributed by atoms with Crippen molar-refractivity contribution in [2.45, 2.75) is 26.3 Å². The molecule has 142 valence electrons. The highest BCUT2D eigenvalue weighted by atomic mass is 16.5. The van der Waals surface area contributed by atoms with E-state index >= 15 is 0 Å². The summed E-state index contributed by atoms with van der Waals surface area (Å²) in [6.07, 6.45) is 1.87. The number of carbonyl (C=O) groups is 2. The van der Waals surface area contributed by atoms with E-state index in [9.17, 15) is 9.59 Å². The number of rotatable bonds is 6. The van der Waals surface area contributed by atoms with Gasteiger partial charge in [0.25, 0.3) is 5.91 Å². The molecule has 3 rings (SSSR count). The van der Waals surface area contributed by atoms with Crippen LogP contribution < -0.4 is 0 Å². The van der Waals surface area contributed by atoms with Crippen molar-refractivity contribution in [3.63, 3.8) is 0 Å². The van der Waals surface area contributed by atoms with Crippen molar-refractivity contribution in [2.24, 2.45) is 5.92 Å². The number of ether oxygens (including phenoxy) is 1. The highest BCUT2D eigenvalue weighted by Gasteiger charge is 2.24. The summed E-state index contributed by atoms with van der Waals surface area (Å²) in [7, 11) is 0. The highest BCUT2D eigenvalue weighted by molar-refractivity contribution is 5.94. The maximum atomic E-state index is 13.1. The molecule has 27 heavy (non-hydrogen) atoms. The topological polar surface area (TPSA) is 79.7 Å². The zero-order valence-corrected chi connectivity index (χ0v) is 15.4. The molecule has 1 amide bonds. The molecule has 1 aromatic carbocycles. The molecule has 0 atom stereocenters. The van der Waals surface area contributed by atoms with E-state index in [-0.39, 0.29) is 17.2 Å². The van der Waals surface area contributed by atoms with Crippen LogP contribution in [-0.2, 0) is 11.3 Å². The van der Waals surface area contributed by atoms with Crippen LogP contribution in [0.3, 0.4) is 0 Å². The lowest BCUT2D eigenvalue weighted by atomic mass is 9.99. The normalized spacial score (nSPS) is 14.7. The van der Waals surface area contributed by atoms with Crippen molar-refractivity contribution < 1.29 is 19.4 Å². The number of benzene rings is 1. The molecule has 2 heterocycles. The fourth-order valence-corrected chi connectivity index (χ4v) is 3.33.